The predicted octanol–water partition coefficient (Wildman–Crippen LogP) is 1.83. The molecule has 0 amide bonds. The molecule has 0 aromatic heterocycles. The molecule has 98 valence electrons. The van der Waals surface area contributed by atoms with Gasteiger partial charge in [-0.05, 0) is 30.8 Å². The predicted molar refractivity (Wildman–Crippen MR) is 79.6 cm³/mol. The van der Waals surface area contributed by atoms with E-state index in [1.54, 1.807) is 6.07 Å². The summed E-state index contributed by atoms with van der Waals surface area (Å²) in [5, 5.41) is 11.3. The molecule has 3 N–H and O–H groups in total. The van der Waals surface area contributed by atoms with Gasteiger partial charge in [0.25, 0.3) is 0 Å². The van der Waals surface area contributed by atoms with E-state index in [9.17, 15) is 4.79 Å². The van der Waals surface area contributed by atoms with Crippen LogP contribution in [-0.4, -0.2) is 17.7 Å². The van der Waals surface area contributed by atoms with Crippen LogP contribution in [0.2, 0.25) is 0 Å². The molecule has 0 saturated carbocycles. The number of aliphatic carboxylic acids is 1. The number of carboxylic acid groups (broad SMARTS) is 1. The molecule has 0 radical (unpaired) electrons. The van der Waals surface area contributed by atoms with Gasteiger partial charge >= 0.3 is 5.97 Å². The minimum Gasteiger partial charge on any atom is -0.480 e. The zero-order valence-electron chi connectivity index (χ0n) is 10.7. The maximum absolute atomic E-state index is 11.1. The number of benzene rings is 2. The summed E-state index contributed by atoms with van der Waals surface area (Å²) in [6.45, 7) is 2.12. The zero-order chi connectivity index (χ0) is 13.8. The lowest BCUT2D eigenvalue weighted by atomic mass is 10.1. The Kier molecular flexibility index (Phi) is 4.31. The molecule has 0 fully saturated rings. The highest BCUT2D eigenvalue weighted by molar-refractivity contribution is 7.72. The van der Waals surface area contributed by atoms with Crippen molar-refractivity contribution in [1.82, 2.24) is 0 Å². The highest BCUT2D eigenvalue weighted by Gasteiger charge is 2.20. The minimum atomic E-state index is -0.996. The summed E-state index contributed by atoms with van der Waals surface area (Å²) in [5.41, 5.74) is 6.47. The SMILES string of the molecule is CP(c1ccccc1)c1ccccc1[C@@H](N)C(=O)O. The van der Waals surface area contributed by atoms with Gasteiger partial charge in [0.05, 0.1) is 0 Å². The first-order chi connectivity index (χ1) is 9.11. The third kappa shape index (κ3) is 3.01. The second-order valence-electron chi connectivity index (χ2n) is 4.27. The van der Waals surface area contributed by atoms with Crippen LogP contribution < -0.4 is 16.3 Å². The van der Waals surface area contributed by atoms with Gasteiger partial charge in [-0.15, -0.1) is 0 Å². The van der Waals surface area contributed by atoms with Crippen LogP contribution in [0.4, 0.5) is 0 Å². The van der Waals surface area contributed by atoms with Gasteiger partial charge in [-0.1, -0.05) is 54.6 Å². The van der Waals surface area contributed by atoms with Gasteiger partial charge in [0, 0.05) is 0 Å². The molecule has 0 heterocycles. The van der Waals surface area contributed by atoms with Crippen LogP contribution in [-0.2, 0) is 4.79 Å². The summed E-state index contributed by atoms with van der Waals surface area (Å²) in [6.07, 6.45) is 0. The van der Waals surface area contributed by atoms with Crippen molar-refractivity contribution in [2.45, 2.75) is 6.04 Å². The second kappa shape index (κ2) is 5.96. The number of hydrogen-bond donors (Lipinski definition) is 2. The Labute approximate surface area is 113 Å². The molecule has 0 aliphatic carbocycles. The van der Waals surface area contributed by atoms with Crippen molar-refractivity contribution in [3.8, 4) is 0 Å². The maximum Gasteiger partial charge on any atom is 0.325 e. The molecular formula is C15H16NO2P. The Morgan fingerprint density at radius 2 is 1.68 bits per heavy atom. The van der Waals surface area contributed by atoms with E-state index in [0.717, 1.165) is 5.30 Å². The Balaban J connectivity index is 2.43. The summed E-state index contributed by atoms with van der Waals surface area (Å²) in [7, 11) is -0.592. The van der Waals surface area contributed by atoms with E-state index < -0.39 is 19.9 Å². The number of carboxylic acids is 1. The van der Waals surface area contributed by atoms with Gasteiger partial charge in [-0.2, -0.15) is 0 Å². The molecule has 3 nitrogen and oxygen atoms in total. The maximum atomic E-state index is 11.1. The van der Waals surface area contributed by atoms with E-state index in [1.165, 1.54) is 5.30 Å². The van der Waals surface area contributed by atoms with Crippen LogP contribution >= 0.6 is 7.92 Å². The third-order valence-corrected chi connectivity index (χ3v) is 5.25. The quantitative estimate of drug-likeness (QED) is 0.835. The van der Waals surface area contributed by atoms with E-state index in [0.29, 0.717) is 5.56 Å². The van der Waals surface area contributed by atoms with Crippen molar-refractivity contribution in [2.24, 2.45) is 5.73 Å². The average molecular weight is 273 g/mol. The molecule has 0 aliphatic heterocycles. The third-order valence-electron chi connectivity index (χ3n) is 3.04. The van der Waals surface area contributed by atoms with E-state index in [4.69, 9.17) is 10.8 Å². The first kappa shape index (κ1) is 13.7. The Bertz CT molecular complexity index is 571. The Morgan fingerprint density at radius 3 is 2.32 bits per heavy atom. The lowest BCUT2D eigenvalue weighted by Gasteiger charge is -2.19. The normalized spacial score (nSPS) is 13.8. The van der Waals surface area contributed by atoms with E-state index >= 15 is 0 Å². The standard InChI is InChI=1S/C15H16NO2P/c1-19(11-7-3-2-4-8-11)13-10-6-5-9-12(13)14(16)15(17)18/h2-10,14H,16H2,1H3,(H,17,18)/t14-,19?/m1/s1. The van der Waals surface area contributed by atoms with Crippen molar-refractivity contribution in [2.75, 3.05) is 6.66 Å². The van der Waals surface area contributed by atoms with Crippen LogP contribution in [0.25, 0.3) is 0 Å². The monoisotopic (exact) mass is 273 g/mol. The molecule has 2 atom stereocenters. The zero-order valence-corrected chi connectivity index (χ0v) is 11.5. The largest absolute Gasteiger partial charge is 0.480 e. The lowest BCUT2D eigenvalue weighted by Crippen LogP contribution is -2.27. The van der Waals surface area contributed by atoms with Crippen LogP contribution in [0.15, 0.2) is 54.6 Å². The molecule has 1 unspecified atom stereocenters. The van der Waals surface area contributed by atoms with Crippen molar-refractivity contribution < 1.29 is 9.90 Å². The molecule has 0 saturated heterocycles. The molecule has 0 bridgehead atoms. The summed E-state index contributed by atoms with van der Waals surface area (Å²) in [6, 6.07) is 16.6. The number of carbonyl (C=O) groups is 1. The van der Waals surface area contributed by atoms with Gasteiger partial charge in [-0.3, -0.25) is 4.79 Å². The van der Waals surface area contributed by atoms with Crippen LogP contribution in [0.1, 0.15) is 11.6 Å². The van der Waals surface area contributed by atoms with Crippen molar-refractivity contribution in [3.63, 3.8) is 0 Å². The molecule has 2 rings (SSSR count). The molecule has 4 heteroatoms. The summed E-state index contributed by atoms with van der Waals surface area (Å²) in [4.78, 5) is 11.1. The van der Waals surface area contributed by atoms with E-state index in [1.807, 2.05) is 36.4 Å². The van der Waals surface area contributed by atoms with Gasteiger partial charge in [0.2, 0.25) is 0 Å². The minimum absolute atomic E-state index is 0.592. The number of hydrogen-bond acceptors (Lipinski definition) is 2. The Hall–Kier alpha value is -1.70. The molecule has 2 aromatic carbocycles. The first-order valence-corrected chi connectivity index (χ1v) is 7.76. The van der Waals surface area contributed by atoms with E-state index in [2.05, 4.69) is 18.8 Å². The van der Waals surface area contributed by atoms with Crippen molar-refractivity contribution in [1.29, 1.82) is 0 Å². The summed E-state index contributed by atoms with van der Waals surface area (Å²) >= 11 is 0. The molecule has 19 heavy (non-hydrogen) atoms. The number of nitrogens with two attached hydrogens (primary N) is 1. The summed E-state index contributed by atoms with van der Waals surface area (Å²) < 4.78 is 0. The van der Waals surface area contributed by atoms with Crippen LogP contribution in [0.5, 0.6) is 0 Å². The van der Waals surface area contributed by atoms with Crippen molar-refractivity contribution in [3.05, 3.63) is 60.2 Å². The molecule has 0 aliphatic rings. The molecule has 2 aromatic rings. The topological polar surface area (TPSA) is 63.3 Å². The molecule has 0 spiro atoms. The average Bonchev–Trinajstić information content (AvgIpc) is 2.46. The van der Waals surface area contributed by atoms with Crippen LogP contribution in [0, 0.1) is 0 Å². The molecular weight excluding hydrogens is 257 g/mol. The van der Waals surface area contributed by atoms with E-state index in [-0.39, 0.29) is 0 Å². The second-order valence-corrected chi connectivity index (χ2v) is 6.39. The fourth-order valence-electron chi connectivity index (χ4n) is 1.98. The Morgan fingerprint density at radius 1 is 1.11 bits per heavy atom. The lowest BCUT2D eigenvalue weighted by molar-refractivity contribution is -0.138. The fraction of sp³-hybridized carbons (Fsp3) is 0.133. The fourth-order valence-corrected chi connectivity index (χ4v) is 3.79. The summed E-state index contributed by atoms with van der Waals surface area (Å²) in [5.74, 6) is -0.996. The van der Waals surface area contributed by atoms with Gasteiger partial charge in [0.1, 0.15) is 6.04 Å². The van der Waals surface area contributed by atoms with Crippen molar-refractivity contribution >= 4 is 24.5 Å². The van der Waals surface area contributed by atoms with Gasteiger partial charge < -0.3 is 10.8 Å². The number of rotatable bonds is 4. The highest BCUT2D eigenvalue weighted by atomic mass is 31.1. The van der Waals surface area contributed by atoms with Gasteiger partial charge in [-0.25, -0.2) is 0 Å². The smallest absolute Gasteiger partial charge is 0.325 e. The van der Waals surface area contributed by atoms with Gasteiger partial charge in [0.15, 0.2) is 0 Å². The van der Waals surface area contributed by atoms with Crippen LogP contribution in [0.3, 0.4) is 0 Å². The first-order valence-electron chi connectivity index (χ1n) is 5.97. The highest BCUT2D eigenvalue weighted by Crippen LogP contribution is 2.31.